The molecule has 0 atom stereocenters. The van der Waals surface area contributed by atoms with Gasteiger partial charge in [-0.2, -0.15) is 0 Å². The van der Waals surface area contributed by atoms with Gasteiger partial charge in [-0.3, -0.25) is 9.89 Å². The van der Waals surface area contributed by atoms with Gasteiger partial charge >= 0.3 is 0 Å². The molecule has 1 aliphatic carbocycles. The van der Waals surface area contributed by atoms with E-state index in [-0.39, 0.29) is 5.66 Å². The molecule has 0 bridgehead atoms. The first-order chi connectivity index (χ1) is 9.82. The summed E-state index contributed by atoms with van der Waals surface area (Å²) in [6, 6.07) is 0. The molecule has 0 aromatic rings. The minimum Gasteiger partial charge on any atom is -0.274 e. The van der Waals surface area contributed by atoms with E-state index in [1.807, 2.05) is 6.92 Å². The van der Waals surface area contributed by atoms with Gasteiger partial charge in [0.2, 0.25) is 0 Å². The van der Waals surface area contributed by atoms with Gasteiger partial charge in [-0.1, -0.05) is 46.4 Å². The van der Waals surface area contributed by atoms with Crippen LogP contribution in [0.3, 0.4) is 0 Å². The Labute approximate surface area is 131 Å². The molecular weight excluding hydrogens is 256 g/mol. The SMILES string of the molecule is C=C(C=CC)C1=NC2(CCC(C(C)(C)C)CC2)N(CC)C1. The number of rotatable bonds is 3. The molecule has 1 aliphatic heterocycles. The number of hydrogen-bond acceptors (Lipinski definition) is 2. The normalized spacial score (nSPS) is 31.1. The van der Waals surface area contributed by atoms with Crippen LogP contribution in [0.1, 0.15) is 60.3 Å². The van der Waals surface area contributed by atoms with Gasteiger partial charge in [-0.05, 0) is 56.1 Å². The predicted octanol–water partition coefficient (Wildman–Crippen LogP) is 4.83. The summed E-state index contributed by atoms with van der Waals surface area (Å²) in [6.45, 7) is 17.7. The van der Waals surface area contributed by atoms with Crippen molar-refractivity contribution in [3.8, 4) is 0 Å². The van der Waals surface area contributed by atoms with E-state index in [2.05, 4.69) is 51.3 Å². The summed E-state index contributed by atoms with van der Waals surface area (Å²) in [5.74, 6) is 0.833. The minimum atomic E-state index is 0.0658. The van der Waals surface area contributed by atoms with Gasteiger partial charge in [0.25, 0.3) is 0 Å². The standard InChI is InChI=1S/C19H32N2/c1-7-9-15(3)17-14-21(8-2)19(20-17)12-10-16(11-13-19)18(4,5)6/h7,9,16H,3,8,10-14H2,1-2,4-6H3. The molecule has 1 heterocycles. The summed E-state index contributed by atoms with van der Waals surface area (Å²) < 4.78 is 0. The lowest BCUT2D eigenvalue weighted by Gasteiger charge is -2.44. The molecule has 0 aromatic heterocycles. The Morgan fingerprint density at radius 1 is 1.38 bits per heavy atom. The highest BCUT2D eigenvalue weighted by molar-refractivity contribution is 6.04. The molecule has 118 valence electrons. The van der Waals surface area contributed by atoms with Crippen LogP contribution in [-0.2, 0) is 0 Å². The van der Waals surface area contributed by atoms with Gasteiger partial charge in [0.15, 0.2) is 0 Å². The van der Waals surface area contributed by atoms with Crippen molar-refractivity contribution in [2.75, 3.05) is 13.1 Å². The topological polar surface area (TPSA) is 15.6 Å². The molecule has 0 radical (unpaired) electrons. The van der Waals surface area contributed by atoms with E-state index < -0.39 is 0 Å². The van der Waals surface area contributed by atoms with Crippen molar-refractivity contribution in [1.82, 2.24) is 4.90 Å². The third-order valence-electron chi connectivity index (χ3n) is 5.40. The smallest absolute Gasteiger partial charge is 0.113 e. The maximum Gasteiger partial charge on any atom is 0.113 e. The zero-order valence-corrected chi connectivity index (χ0v) is 14.6. The first-order valence-corrected chi connectivity index (χ1v) is 8.48. The zero-order chi connectivity index (χ0) is 15.7. The third-order valence-corrected chi connectivity index (χ3v) is 5.40. The average molecular weight is 288 g/mol. The van der Waals surface area contributed by atoms with Gasteiger partial charge in [-0.25, -0.2) is 0 Å². The molecule has 1 spiro atoms. The van der Waals surface area contributed by atoms with Crippen molar-refractivity contribution < 1.29 is 0 Å². The number of aliphatic imine (C=N–C) groups is 1. The van der Waals surface area contributed by atoms with E-state index in [0.29, 0.717) is 5.41 Å². The summed E-state index contributed by atoms with van der Waals surface area (Å²) in [5, 5.41) is 0. The van der Waals surface area contributed by atoms with Gasteiger partial charge in [0.05, 0.1) is 5.71 Å². The molecule has 0 unspecified atom stereocenters. The number of nitrogens with zero attached hydrogens (tertiary/aromatic N) is 2. The Bertz CT molecular complexity index is 443. The molecular formula is C19H32N2. The highest BCUT2D eigenvalue weighted by Crippen LogP contribution is 2.46. The van der Waals surface area contributed by atoms with Crippen molar-refractivity contribution in [3.05, 3.63) is 24.3 Å². The molecule has 2 heteroatoms. The highest BCUT2D eigenvalue weighted by atomic mass is 15.3. The maximum absolute atomic E-state index is 5.16. The molecule has 0 aromatic carbocycles. The first kappa shape index (κ1) is 16.5. The van der Waals surface area contributed by atoms with E-state index in [9.17, 15) is 0 Å². The van der Waals surface area contributed by atoms with Gasteiger partial charge in [-0.15, -0.1) is 0 Å². The van der Waals surface area contributed by atoms with E-state index in [1.54, 1.807) is 0 Å². The number of allylic oxidation sites excluding steroid dienone is 2. The molecule has 0 N–H and O–H groups in total. The Morgan fingerprint density at radius 2 is 2.00 bits per heavy atom. The van der Waals surface area contributed by atoms with Crippen LogP contribution in [0.4, 0.5) is 0 Å². The van der Waals surface area contributed by atoms with Crippen LogP contribution in [0, 0.1) is 11.3 Å². The van der Waals surface area contributed by atoms with Gasteiger partial charge in [0.1, 0.15) is 5.66 Å². The molecule has 1 fully saturated rings. The summed E-state index contributed by atoms with van der Waals surface area (Å²) >= 11 is 0. The molecule has 2 aliphatic rings. The lowest BCUT2D eigenvalue weighted by atomic mass is 9.69. The van der Waals surface area contributed by atoms with Gasteiger partial charge < -0.3 is 0 Å². The lowest BCUT2D eigenvalue weighted by molar-refractivity contribution is 0.0459. The summed E-state index contributed by atoms with van der Waals surface area (Å²) in [6.07, 6.45) is 9.15. The average Bonchev–Trinajstić information content (AvgIpc) is 2.77. The quantitative estimate of drug-likeness (QED) is 0.679. The zero-order valence-electron chi connectivity index (χ0n) is 14.6. The molecule has 21 heavy (non-hydrogen) atoms. The second-order valence-electron chi connectivity index (χ2n) is 7.72. The Kier molecular flexibility index (Phi) is 4.77. The molecule has 1 saturated carbocycles. The van der Waals surface area contributed by atoms with Crippen molar-refractivity contribution in [2.24, 2.45) is 16.3 Å². The Balaban J connectivity index is 2.16. The minimum absolute atomic E-state index is 0.0658. The second-order valence-corrected chi connectivity index (χ2v) is 7.72. The van der Waals surface area contributed by atoms with E-state index in [1.165, 1.54) is 31.4 Å². The molecule has 0 amide bonds. The Hall–Kier alpha value is -0.890. The van der Waals surface area contributed by atoms with Crippen molar-refractivity contribution in [3.63, 3.8) is 0 Å². The van der Waals surface area contributed by atoms with Crippen LogP contribution >= 0.6 is 0 Å². The van der Waals surface area contributed by atoms with Crippen LogP contribution in [0.15, 0.2) is 29.3 Å². The molecule has 0 saturated heterocycles. The first-order valence-electron chi connectivity index (χ1n) is 8.48. The fraction of sp³-hybridized carbons (Fsp3) is 0.737. The maximum atomic E-state index is 5.16. The van der Waals surface area contributed by atoms with E-state index in [0.717, 1.165) is 24.6 Å². The van der Waals surface area contributed by atoms with Crippen LogP contribution in [0.5, 0.6) is 0 Å². The van der Waals surface area contributed by atoms with Crippen LogP contribution in [0.25, 0.3) is 0 Å². The monoisotopic (exact) mass is 288 g/mol. The van der Waals surface area contributed by atoms with Gasteiger partial charge in [0, 0.05) is 6.54 Å². The van der Waals surface area contributed by atoms with Crippen molar-refractivity contribution in [2.45, 2.75) is 66.0 Å². The van der Waals surface area contributed by atoms with Crippen LogP contribution < -0.4 is 0 Å². The highest BCUT2D eigenvalue weighted by Gasteiger charge is 2.45. The second kappa shape index (κ2) is 6.08. The fourth-order valence-corrected chi connectivity index (χ4v) is 3.94. The van der Waals surface area contributed by atoms with E-state index >= 15 is 0 Å². The molecule has 2 nitrogen and oxygen atoms in total. The lowest BCUT2D eigenvalue weighted by Crippen LogP contribution is -2.47. The largest absolute Gasteiger partial charge is 0.274 e. The van der Waals surface area contributed by atoms with Crippen molar-refractivity contribution in [1.29, 1.82) is 0 Å². The summed E-state index contributed by atoms with van der Waals surface area (Å²) in [4.78, 5) is 7.72. The summed E-state index contributed by atoms with van der Waals surface area (Å²) in [5.41, 5.74) is 2.78. The number of hydrogen-bond donors (Lipinski definition) is 0. The van der Waals surface area contributed by atoms with E-state index in [4.69, 9.17) is 4.99 Å². The predicted molar refractivity (Wildman–Crippen MR) is 92.8 cm³/mol. The van der Waals surface area contributed by atoms with Crippen LogP contribution in [-0.4, -0.2) is 29.4 Å². The fourth-order valence-electron chi connectivity index (χ4n) is 3.94. The van der Waals surface area contributed by atoms with Crippen molar-refractivity contribution >= 4 is 5.71 Å². The molecule has 2 rings (SSSR count). The Morgan fingerprint density at radius 3 is 2.48 bits per heavy atom. The van der Waals surface area contributed by atoms with Crippen LogP contribution in [0.2, 0.25) is 0 Å². The summed E-state index contributed by atoms with van der Waals surface area (Å²) in [7, 11) is 0. The third kappa shape index (κ3) is 3.31.